The van der Waals surface area contributed by atoms with Crippen LogP contribution in [0.25, 0.3) is 0 Å². The van der Waals surface area contributed by atoms with Crippen LogP contribution < -0.4 is 5.32 Å². The van der Waals surface area contributed by atoms with E-state index in [0.717, 1.165) is 11.6 Å². The van der Waals surface area contributed by atoms with Gasteiger partial charge >= 0.3 is 0 Å². The van der Waals surface area contributed by atoms with Gasteiger partial charge in [-0.25, -0.2) is 4.98 Å². The molecule has 1 heterocycles. The van der Waals surface area contributed by atoms with Crippen molar-refractivity contribution < 1.29 is 4.79 Å². The van der Waals surface area contributed by atoms with E-state index in [2.05, 4.69) is 15.2 Å². The Balaban J connectivity index is 1.82. The number of carbonyl (C=O) groups is 1. The van der Waals surface area contributed by atoms with Crippen molar-refractivity contribution in [3.63, 3.8) is 0 Å². The van der Waals surface area contributed by atoms with E-state index >= 15 is 0 Å². The quantitative estimate of drug-likeness (QED) is 0.841. The summed E-state index contributed by atoms with van der Waals surface area (Å²) in [6.45, 7) is 3.41. The van der Waals surface area contributed by atoms with Gasteiger partial charge in [0.25, 0.3) is 0 Å². The Morgan fingerprint density at radius 1 is 1.36 bits per heavy atom. The molecule has 0 bridgehead atoms. The van der Waals surface area contributed by atoms with Gasteiger partial charge in [-0.3, -0.25) is 4.79 Å². The fourth-order valence-corrected chi connectivity index (χ4v) is 3.30. The number of thiazole rings is 1. The van der Waals surface area contributed by atoms with Gasteiger partial charge in [-0.2, -0.15) is 0 Å². The number of nitrogens with one attached hydrogen (secondary N) is 1. The highest BCUT2D eigenvalue weighted by Gasteiger charge is 2.11. The lowest BCUT2D eigenvalue weighted by molar-refractivity contribution is -0.116. The van der Waals surface area contributed by atoms with Gasteiger partial charge in [0.2, 0.25) is 5.91 Å². The van der Waals surface area contributed by atoms with Gasteiger partial charge in [0.05, 0.1) is 20.7 Å². The second kappa shape index (κ2) is 7.92. The van der Waals surface area contributed by atoms with Gasteiger partial charge in [0.1, 0.15) is 0 Å². The van der Waals surface area contributed by atoms with E-state index < -0.39 is 0 Å². The highest BCUT2D eigenvalue weighted by Crippen LogP contribution is 2.29. The summed E-state index contributed by atoms with van der Waals surface area (Å²) >= 11 is 13.7. The molecule has 0 atom stereocenters. The molecule has 0 saturated heterocycles. The second-order valence-corrected chi connectivity index (χ2v) is 7.11. The van der Waals surface area contributed by atoms with Crippen molar-refractivity contribution in [3.05, 3.63) is 44.3 Å². The maximum atomic E-state index is 12.0. The number of aryl methyl sites for hydroxylation is 1. The summed E-state index contributed by atoms with van der Waals surface area (Å²) in [6.07, 6.45) is 2.25. The van der Waals surface area contributed by atoms with Gasteiger partial charge < -0.3 is 10.2 Å². The van der Waals surface area contributed by atoms with Gasteiger partial charge in [-0.05, 0) is 26.1 Å². The molecular weight excluding hydrogens is 341 g/mol. The third-order valence-corrected chi connectivity index (χ3v) is 4.57. The maximum Gasteiger partial charge on any atom is 0.225 e. The Labute approximate surface area is 144 Å². The number of para-hydroxylation sites is 1. The zero-order valence-electron chi connectivity index (χ0n) is 12.4. The zero-order chi connectivity index (χ0) is 16.1. The molecule has 0 unspecified atom stereocenters. The predicted molar refractivity (Wildman–Crippen MR) is 92.9 cm³/mol. The number of benzene rings is 1. The number of halogens is 2. The Kier molecular flexibility index (Phi) is 6.20. The molecule has 1 N–H and O–H groups in total. The molecule has 4 nitrogen and oxygen atoms in total. The smallest absolute Gasteiger partial charge is 0.225 e. The summed E-state index contributed by atoms with van der Waals surface area (Å²) in [4.78, 5) is 19.5. The maximum absolute atomic E-state index is 12.0. The molecule has 1 amide bonds. The van der Waals surface area contributed by atoms with Gasteiger partial charge in [0.15, 0.2) is 0 Å². The average molecular weight is 358 g/mol. The van der Waals surface area contributed by atoms with Gasteiger partial charge in [0, 0.05) is 30.6 Å². The monoisotopic (exact) mass is 357 g/mol. The largest absolute Gasteiger partial charge is 0.324 e. The molecule has 0 aliphatic carbocycles. The third kappa shape index (κ3) is 4.95. The summed E-state index contributed by atoms with van der Waals surface area (Å²) in [6, 6.07) is 5.13. The van der Waals surface area contributed by atoms with Crippen LogP contribution >= 0.6 is 34.5 Å². The van der Waals surface area contributed by atoms with E-state index in [-0.39, 0.29) is 5.91 Å². The molecule has 2 rings (SSSR count). The minimum atomic E-state index is -0.109. The third-order valence-electron chi connectivity index (χ3n) is 3.04. The first kappa shape index (κ1) is 17.2. The number of rotatable bonds is 6. The molecule has 2 aromatic rings. The number of amides is 1. The van der Waals surface area contributed by atoms with E-state index in [0.29, 0.717) is 28.7 Å². The number of hydrogen-bond donors (Lipinski definition) is 1. The molecule has 0 fully saturated rings. The number of hydrogen-bond acceptors (Lipinski definition) is 4. The van der Waals surface area contributed by atoms with Crippen molar-refractivity contribution in [2.75, 3.05) is 18.9 Å². The fourth-order valence-electron chi connectivity index (χ4n) is 1.94. The van der Waals surface area contributed by atoms with Crippen LogP contribution in [0.3, 0.4) is 0 Å². The number of nitrogens with zero attached hydrogens (tertiary/aromatic N) is 2. The molecule has 22 heavy (non-hydrogen) atoms. The van der Waals surface area contributed by atoms with E-state index in [9.17, 15) is 4.79 Å². The van der Waals surface area contributed by atoms with Crippen molar-refractivity contribution in [2.24, 2.45) is 0 Å². The average Bonchev–Trinajstić information content (AvgIpc) is 2.86. The van der Waals surface area contributed by atoms with Crippen molar-refractivity contribution in [2.45, 2.75) is 19.9 Å². The van der Waals surface area contributed by atoms with Crippen LogP contribution in [0.15, 0.2) is 24.4 Å². The summed E-state index contributed by atoms with van der Waals surface area (Å²) in [5, 5.41) is 4.69. The lowest BCUT2D eigenvalue weighted by Gasteiger charge is -2.15. The van der Waals surface area contributed by atoms with Crippen LogP contribution in [0.2, 0.25) is 10.0 Å². The van der Waals surface area contributed by atoms with E-state index in [1.54, 1.807) is 29.5 Å². The molecule has 0 radical (unpaired) electrons. The minimum Gasteiger partial charge on any atom is -0.324 e. The van der Waals surface area contributed by atoms with Crippen LogP contribution in [0, 0.1) is 6.92 Å². The molecule has 7 heteroatoms. The van der Waals surface area contributed by atoms with Gasteiger partial charge in [-0.1, -0.05) is 29.3 Å². The molecule has 1 aromatic heterocycles. The fraction of sp³-hybridized carbons (Fsp3) is 0.333. The number of carbonyl (C=O) groups excluding carboxylic acids is 1. The first-order valence-corrected chi connectivity index (χ1v) is 8.36. The molecule has 0 aliphatic rings. The Hall–Kier alpha value is -1.14. The van der Waals surface area contributed by atoms with Crippen LogP contribution in [0.4, 0.5) is 5.69 Å². The van der Waals surface area contributed by atoms with Gasteiger partial charge in [-0.15, -0.1) is 11.3 Å². The zero-order valence-corrected chi connectivity index (χ0v) is 14.7. The van der Waals surface area contributed by atoms with Crippen molar-refractivity contribution in [1.29, 1.82) is 0 Å². The normalized spacial score (nSPS) is 11.0. The highest BCUT2D eigenvalue weighted by molar-refractivity contribution is 7.11. The second-order valence-electron chi connectivity index (χ2n) is 4.98. The first-order valence-electron chi connectivity index (χ1n) is 6.79. The summed E-state index contributed by atoms with van der Waals surface area (Å²) in [5.41, 5.74) is 0.469. The predicted octanol–water partition coefficient (Wildman–Crippen LogP) is 4.22. The Morgan fingerprint density at radius 3 is 2.64 bits per heavy atom. The van der Waals surface area contributed by atoms with E-state index in [1.165, 1.54) is 4.88 Å². The van der Waals surface area contributed by atoms with Crippen LogP contribution in [0.1, 0.15) is 16.3 Å². The Morgan fingerprint density at radius 2 is 2.05 bits per heavy atom. The standard InChI is InChI=1S/C15H17Cl2N3OS/c1-10-18-8-11(22-10)9-20(2)7-6-14(21)19-15-12(16)4-3-5-13(15)17/h3-5,8H,6-7,9H2,1-2H3,(H,19,21). The van der Waals surface area contributed by atoms with Crippen molar-refractivity contribution >= 4 is 46.1 Å². The van der Waals surface area contributed by atoms with Crippen LogP contribution in [-0.4, -0.2) is 29.4 Å². The number of anilines is 1. The molecule has 0 aliphatic heterocycles. The summed E-state index contributed by atoms with van der Waals surface area (Å²) < 4.78 is 0. The summed E-state index contributed by atoms with van der Waals surface area (Å²) in [7, 11) is 1.98. The highest BCUT2D eigenvalue weighted by atomic mass is 35.5. The first-order chi connectivity index (χ1) is 10.5. The Bertz CT molecular complexity index is 640. The lowest BCUT2D eigenvalue weighted by Crippen LogP contribution is -2.23. The van der Waals surface area contributed by atoms with Crippen LogP contribution in [0.5, 0.6) is 0 Å². The number of aromatic nitrogens is 1. The molecule has 1 aromatic carbocycles. The molecule has 0 spiro atoms. The lowest BCUT2D eigenvalue weighted by atomic mass is 10.3. The van der Waals surface area contributed by atoms with E-state index in [1.807, 2.05) is 20.2 Å². The van der Waals surface area contributed by atoms with Crippen LogP contribution in [-0.2, 0) is 11.3 Å². The van der Waals surface area contributed by atoms with Crippen molar-refractivity contribution in [1.82, 2.24) is 9.88 Å². The summed E-state index contributed by atoms with van der Waals surface area (Å²) in [5.74, 6) is -0.109. The van der Waals surface area contributed by atoms with Crippen molar-refractivity contribution in [3.8, 4) is 0 Å². The molecule has 0 saturated carbocycles. The molecular formula is C15H17Cl2N3OS. The minimum absolute atomic E-state index is 0.109. The van der Waals surface area contributed by atoms with E-state index in [4.69, 9.17) is 23.2 Å². The topological polar surface area (TPSA) is 45.2 Å². The molecule has 118 valence electrons. The SMILES string of the molecule is Cc1ncc(CN(C)CCC(=O)Nc2c(Cl)cccc2Cl)s1.